The largest absolute Gasteiger partial charge is 0.445 e. The molecule has 0 atom stereocenters. The summed E-state index contributed by atoms with van der Waals surface area (Å²) in [6.07, 6.45) is -0.606. The number of ether oxygens (including phenoxy) is 1. The van der Waals surface area contributed by atoms with Crippen LogP contribution in [-0.4, -0.2) is 32.6 Å². The Morgan fingerprint density at radius 3 is 2.56 bits per heavy atom. The van der Waals surface area contributed by atoms with Crippen LogP contribution < -0.4 is 5.32 Å². The molecule has 1 aromatic carbocycles. The maximum atomic E-state index is 11.3. The molecule has 1 amide bonds. The zero-order chi connectivity index (χ0) is 13.4. The molecule has 0 bridgehead atoms. The summed E-state index contributed by atoms with van der Waals surface area (Å²) in [4.78, 5) is 11.3. The molecular formula is C12H17NO4S. The molecule has 0 unspecified atom stereocenters. The number of carbonyl (C=O) groups is 1. The summed E-state index contributed by atoms with van der Waals surface area (Å²) in [5.74, 6) is 0.0116. The summed E-state index contributed by atoms with van der Waals surface area (Å²) in [5.41, 5.74) is 0.883. The summed E-state index contributed by atoms with van der Waals surface area (Å²) in [7, 11) is -3.05. The van der Waals surface area contributed by atoms with Crippen molar-refractivity contribution in [2.75, 3.05) is 18.1 Å². The van der Waals surface area contributed by atoms with E-state index in [1.54, 1.807) is 6.92 Å². The quantitative estimate of drug-likeness (QED) is 0.847. The van der Waals surface area contributed by atoms with Gasteiger partial charge in [0, 0.05) is 12.3 Å². The molecule has 0 heterocycles. The normalized spacial score (nSPS) is 10.9. The average molecular weight is 271 g/mol. The van der Waals surface area contributed by atoms with E-state index in [1.165, 1.54) is 0 Å². The van der Waals surface area contributed by atoms with E-state index in [0.717, 1.165) is 5.56 Å². The number of hydrogen-bond donors (Lipinski definition) is 1. The smallest absolute Gasteiger partial charge is 0.407 e. The van der Waals surface area contributed by atoms with Crippen LogP contribution in [0.2, 0.25) is 0 Å². The van der Waals surface area contributed by atoms with E-state index in [4.69, 9.17) is 4.74 Å². The lowest BCUT2D eigenvalue weighted by Gasteiger charge is -2.06. The molecule has 0 radical (unpaired) electrons. The van der Waals surface area contributed by atoms with Crippen molar-refractivity contribution in [2.45, 2.75) is 13.5 Å². The van der Waals surface area contributed by atoms with Gasteiger partial charge < -0.3 is 10.1 Å². The lowest BCUT2D eigenvalue weighted by atomic mass is 10.2. The molecule has 0 saturated carbocycles. The highest BCUT2D eigenvalue weighted by atomic mass is 32.2. The van der Waals surface area contributed by atoms with Gasteiger partial charge >= 0.3 is 6.09 Å². The van der Waals surface area contributed by atoms with Crippen LogP contribution in [0.25, 0.3) is 0 Å². The fourth-order valence-electron chi connectivity index (χ4n) is 1.23. The van der Waals surface area contributed by atoms with Gasteiger partial charge in [-0.15, -0.1) is 0 Å². The number of sulfone groups is 1. The molecular weight excluding hydrogens is 254 g/mol. The van der Waals surface area contributed by atoms with Gasteiger partial charge in [-0.05, 0) is 5.56 Å². The average Bonchev–Trinajstić information content (AvgIpc) is 2.37. The van der Waals surface area contributed by atoms with Gasteiger partial charge in [-0.1, -0.05) is 37.3 Å². The van der Waals surface area contributed by atoms with Crippen molar-refractivity contribution >= 4 is 15.9 Å². The van der Waals surface area contributed by atoms with E-state index in [9.17, 15) is 13.2 Å². The molecule has 6 heteroatoms. The molecule has 0 fully saturated rings. The summed E-state index contributed by atoms with van der Waals surface area (Å²) >= 11 is 0. The van der Waals surface area contributed by atoms with E-state index in [1.807, 2.05) is 30.3 Å². The van der Waals surface area contributed by atoms with Crippen molar-refractivity contribution in [1.29, 1.82) is 0 Å². The van der Waals surface area contributed by atoms with Crippen LogP contribution in [0, 0.1) is 0 Å². The van der Waals surface area contributed by atoms with Crippen molar-refractivity contribution in [3.63, 3.8) is 0 Å². The molecule has 18 heavy (non-hydrogen) atoms. The van der Waals surface area contributed by atoms with Crippen LogP contribution in [0.4, 0.5) is 4.79 Å². The van der Waals surface area contributed by atoms with Crippen molar-refractivity contribution in [3.05, 3.63) is 35.9 Å². The van der Waals surface area contributed by atoms with Crippen molar-refractivity contribution in [2.24, 2.45) is 0 Å². The highest BCUT2D eigenvalue weighted by molar-refractivity contribution is 7.91. The van der Waals surface area contributed by atoms with Crippen molar-refractivity contribution in [1.82, 2.24) is 5.32 Å². The van der Waals surface area contributed by atoms with Gasteiger partial charge in [0.15, 0.2) is 9.84 Å². The first kappa shape index (κ1) is 14.5. The minimum atomic E-state index is -3.05. The minimum Gasteiger partial charge on any atom is -0.445 e. The predicted octanol–water partition coefficient (Wildman–Crippen LogP) is 1.35. The SMILES string of the molecule is CCS(=O)(=O)CCNC(=O)OCc1ccccc1. The Balaban J connectivity index is 2.23. The fraction of sp³-hybridized carbons (Fsp3) is 0.417. The molecule has 0 saturated heterocycles. The van der Waals surface area contributed by atoms with Crippen LogP contribution in [-0.2, 0) is 21.2 Å². The van der Waals surface area contributed by atoms with Gasteiger partial charge in [-0.3, -0.25) is 0 Å². The van der Waals surface area contributed by atoms with Crippen LogP contribution in [0.3, 0.4) is 0 Å². The first-order chi connectivity index (χ1) is 8.53. The van der Waals surface area contributed by atoms with E-state index < -0.39 is 15.9 Å². The van der Waals surface area contributed by atoms with E-state index in [0.29, 0.717) is 0 Å². The third-order valence-corrected chi connectivity index (χ3v) is 4.04. The number of carbonyl (C=O) groups excluding carboxylic acids is 1. The summed E-state index contributed by atoms with van der Waals surface area (Å²) < 4.78 is 27.3. The van der Waals surface area contributed by atoms with Gasteiger partial charge in [-0.2, -0.15) is 0 Å². The standard InChI is InChI=1S/C12H17NO4S/c1-2-18(15,16)9-8-13-12(14)17-10-11-6-4-3-5-7-11/h3-7H,2,8-10H2,1H3,(H,13,14). The minimum absolute atomic E-state index is 0.0655. The Bertz CT molecular complexity index is 470. The van der Waals surface area contributed by atoms with Gasteiger partial charge in [0.1, 0.15) is 6.61 Å². The second-order valence-corrected chi connectivity index (χ2v) is 6.20. The van der Waals surface area contributed by atoms with E-state index >= 15 is 0 Å². The molecule has 1 rings (SSSR count). The maximum Gasteiger partial charge on any atom is 0.407 e. The highest BCUT2D eigenvalue weighted by Crippen LogP contribution is 2.00. The van der Waals surface area contributed by atoms with Crippen LogP contribution >= 0.6 is 0 Å². The number of benzene rings is 1. The second kappa shape index (κ2) is 7.00. The number of nitrogens with one attached hydrogen (secondary N) is 1. The topological polar surface area (TPSA) is 72.5 Å². The zero-order valence-electron chi connectivity index (χ0n) is 10.3. The lowest BCUT2D eigenvalue weighted by molar-refractivity contribution is 0.140. The molecule has 1 aromatic rings. The second-order valence-electron chi connectivity index (χ2n) is 3.72. The first-order valence-electron chi connectivity index (χ1n) is 5.68. The van der Waals surface area contributed by atoms with Crippen LogP contribution in [0.1, 0.15) is 12.5 Å². The van der Waals surface area contributed by atoms with Crippen LogP contribution in [0.15, 0.2) is 30.3 Å². The Morgan fingerprint density at radius 1 is 1.28 bits per heavy atom. The number of rotatable bonds is 6. The molecule has 100 valence electrons. The first-order valence-corrected chi connectivity index (χ1v) is 7.50. The molecule has 5 nitrogen and oxygen atoms in total. The van der Waals surface area contributed by atoms with Gasteiger partial charge in [0.05, 0.1) is 5.75 Å². The van der Waals surface area contributed by atoms with Crippen molar-refractivity contribution in [3.8, 4) is 0 Å². The summed E-state index contributed by atoms with van der Waals surface area (Å²) in [5, 5.41) is 2.40. The fourth-order valence-corrected chi connectivity index (χ4v) is 1.93. The van der Waals surface area contributed by atoms with Gasteiger partial charge in [0.25, 0.3) is 0 Å². The zero-order valence-corrected chi connectivity index (χ0v) is 11.1. The lowest BCUT2D eigenvalue weighted by Crippen LogP contribution is -2.30. The van der Waals surface area contributed by atoms with Crippen LogP contribution in [0.5, 0.6) is 0 Å². The number of alkyl carbamates (subject to hydrolysis) is 1. The van der Waals surface area contributed by atoms with Gasteiger partial charge in [0.2, 0.25) is 0 Å². The Hall–Kier alpha value is -1.56. The molecule has 1 N–H and O–H groups in total. The summed E-state index contributed by atoms with van der Waals surface area (Å²) in [6, 6.07) is 9.26. The molecule has 0 aliphatic carbocycles. The predicted molar refractivity (Wildman–Crippen MR) is 69.0 cm³/mol. The monoisotopic (exact) mass is 271 g/mol. The van der Waals surface area contributed by atoms with Crippen molar-refractivity contribution < 1.29 is 17.9 Å². The summed E-state index contributed by atoms with van der Waals surface area (Å²) in [6.45, 7) is 1.82. The molecule has 0 spiro atoms. The molecule has 0 aliphatic rings. The van der Waals surface area contributed by atoms with E-state index in [-0.39, 0.29) is 24.7 Å². The van der Waals surface area contributed by atoms with E-state index in [2.05, 4.69) is 5.32 Å². The molecule has 0 aliphatic heterocycles. The Kier molecular flexibility index (Phi) is 5.64. The third-order valence-electron chi connectivity index (χ3n) is 2.33. The number of amides is 1. The molecule has 0 aromatic heterocycles. The Labute approximate surface area is 107 Å². The Morgan fingerprint density at radius 2 is 1.94 bits per heavy atom. The maximum absolute atomic E-state index is 11.3. The number of hydrogen-bond acceptors (Lipinski definition) is 4. The highest BCUT2D eigenvalue weighted by Gasteiger charge is 2.08. The third kappa shape index (κ3) is 5.67. The van der Waals surface area contributed by atoms with Gasteiger partial charge in [-0.25, -0.2) is 13.2 Å².